The molecule has 0 radical (unpaired) electrons. The van der Waals surface area contributed by atoms with Crippen molar-refractivity contribution in [2.75, 3.05) is 12.3 Å². The fourth-order valence-electron chi connectivity index (χ4n) is 1.52. The van der Waals surface area contributed by atoms with Crippen molar-refractivity contribution in [1.29, 1.82) is 0 Å². The SMILES string of the molecule is O=C(CSc1nc2ccccc2c(=O)[nH]1)NCC(F)(F)F. The number of benzene rings is 1. The zero-order chi connectivity index (χ0) is 15.5. The molecule has 0 aliphatic heterocycles. The number of thioether (sulfide) groups is 1. The smallest absolute Gasteiger partial charge is 0.346 e. The Balaban J connectivity index is 2.01. The molecule has 1 aromatic heterocycles. The third kappa shape index (κ3) is 4.48. The lowest BCUT2D eigenvalue weighted by atomic mass is 10.2. The Kier molecular flexibility index (Phi) is 4.51. The maximum Gasteiger partial charge on any atom is 0.405 e. The summed E-state index contributed by atoms with van der Waals surface area (Å²) in [7, 11) is 0. The van der Waals surface area contributed by atoms with Crippen LogP contribution in [0.2, 0.25) is 0 Å². The van der Waals surface area contributed by atoms with Gasteiger partial charge in [-0.25, -0.2) is 4.98 Å². The second-order valence-corrected chi connectivity index (χ2v) is 5.03. The van der Waals surface area contributed by atoms with Crippen LogP contribution in [0.3, 0.4) is 0 Å². The zero-order valence-corrected chi connectivity index (χ0v) is 11.3. The molecule has 1 amide bonds. The molecule has 0 fully saturated rings. The maximum absolute atomic E-state index is 11.9. The molecule has 0 unspecified atom stereocenters. The summed E-state index contributed by atoms with van der Waals surface area (Å²) in [6, 6.07) is 6.64. The van der Waals surface area contributed by atoms with Crippen molar-refractivity contribution in [3.8, 4) is 0 Å². The van der Waals surface area contributed by atoms with Crippen molar-refractivity contribution in [1.82, 2.24) is 15.3 Å². The van der Waals surface area contributed by atoms with Gasteiger partial charge in [0.1, 0.15) is 6.54 Å². The van der Waals surface area contributed by atoms with Crippen LogP contribution in [0, 0.1) is 0 Å². The molecule has 1 aromatic carbocycles. The Bertz CT molecular complexity index is 715. The van der Waals surface area contributed by atoms with Crippen LogP contribution in [-0.4, -0.2) is 34.3 Å². The molecule has 112 valence electrons. The number of halogens is 3. The number of fused-ring (bicyclic) bond motifs is 1. The number of nitrogens with zero attached hydrogens (tertiary/aromatic N) is 1. The molecule has 2 aromatic rings. The van der Waals surface area contributed by atoms with Crippen LogP contribution < -0.4 is 10.9 Å². The summed E-state index contributed by atoms with van der Waals surface area (Å²) in [6.45, 7) is -1.38. The first kappa shape index (κ1) is 15.4. The highest BCUT2D eigenvalue weighted by Crippen LogP contribution is 2.15. The summed E-state index contributed by atoms with van der Waals surface area (Å²) in [5.41, 5.74) is 0.0956. The number of hydrogen-bond acceptors (Lipinski definition) is 4. The van der Waals surface area contributed by atoms with Crippen molar-refractivity contribution in [2.24, 2.45) is 0 Å². The van der Waals surface area contributed by atoms with E-state index < -0.39 is 18.6 Å². The van der Waals surface area contributed by atoms with E-state index in [2.05, 4.69) is 9.97 Å². The molecule has 2 rings (SSSR count). The first-order valence-corrected chi connectivity index (χ1v) is 6.79. The zero-order valence-electron chi connectivity index (χ0n) is 10.5. The van der Waals surface area contributed by atoms with Crippen LogP contribution in [0.15, 0.2) is 34.2 Å². The number of rotatable bonds is 4. The predicted octanol–water partition coefficient (Wildman–Crippen LogP) is 1.69. The van der Waals surface area contributed by atoms with Crippen LogP contribution in [0.4, 0.5) is 13.2 Å². The van der Waals surface area contributed by atoms with E-state index in [1.807, 2.05) is 0 Å². The molecule has 0 atom stereocenters. The lowest BCUT2D eigenvalue weighted by Gasteiger charge is -2.07. The van der Waals surface area contributed by atoms with E-state index in [-0.39, 0.29) is 16.5 Å². The lowest BCUT2D eigenvalue weighted by molar-refractivity contribution is -0.136. The Morgan fingerprint density at radius 3 is 2.76 bits per heavy atom. The molecule has 0 aliphatic rings. The van der Waals surface area contributed by atoms with E-state index in [4.69, 9.17) is 0 Å². The Hall–Kier alpha value is -2.03. The Morgan fingerprint density at radius 1 is 1.33 bits per heavy atom. The van der Waals surface area contributed by atoms with E-state index in [0.717, 1.165) is 11.8 Å². The van der Waals surface area contributed by atoms with Gasteiger partial charge in [-0.05, 0) is 12.1 Å². The topological polar surface area (TPSA) is 74.8 Å². The van der Waals surface area contributed by atoms with E-state index in [1.54, 1.807) is 29.6 Å². The van der Waals surface area contributed by atoms with Crippen LogP contribution in [0.5, 0.6) is 0 Å². The van der Waals surface area contributed by atoms with Gasteiger partial charge in [0.05, 0.1) is 16.7 Å². The third-order valence-corrected chi connectivity index (χ3v) is 3.29. The summed E-state index contributed by atoms with van der Waals surface area (Å²) in [5, 5.41) is 2.33. The maximum atomic E-state index is 11.9. The summed E-state index contributed by atoms with van der Waals surface area (Å²) in [6.07, 6.45) is -4.45. The summed E-state index contributed by atoms with van der Waals surface area (Å²) in [4.78, 5) is 29.6. The van der Waals surface area contributed by atoms with Gasteiger partial charge in [0.2, 0.25) is 5.91 Å². The van der Waals surface area contributed by atoms with Gasteiger partial charge in [-0.3, -0.25) is 9.59 Å². The summed E-state index contributed by atoms with van der Waals surface area (Å²) >= 11 is 0.862. The van der Waals surface area contributed by atoms with Gasteiger partial charge < -0.3 is 10.3 Å². The number of H-pyrrole nitrogens is 1. The summed E-state index contributed by atoms with van der Waals surface area (Å²) < 4.78 is 35.8. The van der Waals surface area contributed by atoms with Crippen molar-refractivity contribution in [3.63, 3.8) is 0 Å². The first-order chi connectivity index (χ1) is 9.85. The minimum Gasteiger partial charge on any atom is -0.346 e. The number of amides is 1. The molecule has 0 saturated carbocycles. The summed E-state index contributed by atoms with van der Waals surface area (Å²) in [5.74, 6) is -1.05. The third-order valence-electron chi connectivity index (χ3n) is 2.42. The molecule has 21 heavy (non-hydrogen) atoms. The highest BCUT2D eigenvalue weighted by atomic mass is 32.2. The van der Waals surface area contributed by atoms with Crippen molar-refractivity contribution >= 4 is 28.6 Å². The fourth-order valence-corrected chi connectivity index (χ4v) is 2.21. The number of para-hydroxylation sites is 1. The van der Waals surface area contributed by atoms with Gasteiger partial charge in [-0.2, -0.15) is 13.2 Å². The number of carbonyl (C=O) groups is 1. The quantitative estimate of drug-likeness (QED) is 0.665. The Morgan fingerprint density at radius 2 is 2.05 bits per heavy atom. The number of hydrogen-bond donors (Lipinski definition) is 2. The lowest BCUT2D eigenvalue weighted by Crippen LogP contribution is -2.34. The molecule has 2 N–H and O–H groups in total. The van der Waals surface area contributed by atoms with Gasteiger partial charge in [-0.1, -0.05) is 23.9 Å². The number of aromatic amines is 1. The molecule has 0 saturated heterocycles. The van der Waals surface area contributed by atoms with Crippen LogP contribution in [-0.2, 0) is 4.79 Å². The van der Waals surface area contributed by atoms with Crippen molar-refractivity contribution in [3.05, 3.63) is 34.6 Å². The molecule has 0 aliphatic carbocycles. The Labute approximate surface area is 121 Å². The normalized spacial score (nSPS) is 11.6. The van der Waals surface area contributed by atoms with Crippen molar-refractivity contribution in [2.45, 2.75) is 11.3 Å². The number of aromatic nitrogens is 2. The number of carbonyl (C=O) groups excluding carboxylic acids is 1. The molecule has 0 bridgehead atoms. The molecule has 1 heterocycles. The van der Waals surface area contributed by atoms with Gasteiger partial charge in [0.25, 0.3) is 5.56 Å². The van der Waals surface area contributed by atoms with Gasteiger partial charge in [0.15, 0.2) is 5.16 Å². The second kappa shape index (κ2) is 6.17. The van der Waals surface area contributed by atoms with Gasteiger partial charge >= 0.3 is 6.18 Å². The van der Waals surface area contributed by atoms with Crippen LogP contribution in [0.25, 0.3) is 10.9 Å². The predicted molar refractivity (Wildman–Crippen MR) is 72.2 cm³/mol. The van der Waals surface area contributed by atoms with Gasteiger partial charge in [-0.15, -0.1) is 0 Å². The van der Waals surface area contributed by atoms with E-state index in [9.17, 15) is 22.8 Å². The van der Waals surface area contributed by atoms with Crippen LogP contribution >= 0.6 is 11.8 Å². The molecule has 9 heteroatoms. The number of nitrogens with one attached hydrogen (secondary N) is 2. The minimum atomic E-state index is -4.45. The molecular weight excluding hydrogens is 307 g/mol. The van der Waals surface area contributed by atoms with Crippen LogP contribution in [0.1, 0.15) is 0 Å². The van der Waals surface area contributed by atoms with E-state index >= 15 is 0 Å². The molecular formula is C12H10F3N3O2S. The van der Waals surface area contributed by atoms with Crippen molar-refractivity contribution < 1.29 is 18.0 Å². The first-order valence-electron chi connectivity index (χ1n) is 5.80. The minimum absolute atomic E-state index is 0.181. The average molecular weight is 317 g/mol. The highest BCUT2D eigenvalue weighted by molar-refractivity contribution is 7.99. The standard InChI is InChI=1S/C12H10F3N3O2S/c13-12(14,15)6-16-9(19)5-21-11-17-8-4-2-1-3-7(8)10(20)18-11/h1-4H,5-6H2,(H,16,19)(H,17,18,20). The van der Waals surface area contributed by atoms with E-state index in [0.29, 0.717) is 10.9 Å². The monoisotopic (exact) mass is 317 g/mol. The largest absolute Gasteiger partial charge is 0.405 e. The fraction of sp³-hybridized carbons (Fsp3) is 0.250. The second-order valence-electron chi connectivity index (χ2n) is 4.07. The highest BCUT2D eigenvalue weighted by Gasteiger charge is 2.27. The number of alkyl halides is 3. The molecule has 5 nitrogen and oxygen atoms in total. The average Bonchev–Trinajstić information content (AvgIpc) is 2.42. The molecule has 0 spiro atoms. The van der Waals surface area contributed by atoms with Gasteiger partial charge in [0, 0.05) is 0 Å². The van der Waals surface area contributed by atoms with E-state index in [1.165, 1.54) is 0 Å².